The number of aromatic nitrogens is 1. The molecule has 0 spiro atoms. The van der Waals surface area contributed by atoms with E-state index in [-0.39, 0.29) is 5.92 Å². The van der Waals surface area contributed by atoms with E-state index in [1.54, 1.807) is 38.1 Å². The summed E-state index contributed by atoms with van der Waals surface area (Å²) < 4.78 is 10.4. The third-order valence-corrected chi connectivity index (χ3v) is 2.99. The fraction of sp³-hybridized carbons (Fsp3) is 0.286. The Labute approximate surface area is 121 Å². The SMILES string of the molecule is CC(C)C(Oc1ccc(Cl)cc1-c1ccon1)C(=O)O. The van der Waals surface area contributed by atoms with Crippen molar-refractivity contribution < 1.29 is 19.2 Å². The first-order chi connectivity index (χ1) is 9.49. The first-order valence-corrected chi connectivity index (χ1v) is 6.46. The molecule has 5 nitrogen and oxygen atoms in total. The normalized spacial score (nSPS) is 12.4. The molecule has 0 saturated carbocycles. The molecule has 0 aliphatic carbocycles. The van der Waals surface area contributed by atoms with Crippen LogP contribution in [0.2, 0.25) is 5.02 Å². The van der Waals surface area contributed by atoms with E-state index in [1.807, 2.05) is 0 Å². The molecule has 2 aromatic rings. The van der Waals surface area contributed by atoms with Crippen molar-refractivity contribution in [2.24, 2.45) is 5.92 Å². The van der Waals surface area contributed by atoms with Crippen molar-refractivity contribution in [2.45, 2.75) is 20.0 Å². The minimum Gasteiger partial charge on any atom is -0.478 e. The number of carboxylic acid groups (broad SMARTS) is 1. The van der Waals surface area contributed by atoms with Gasteiger partial charge in [0.2, 0.25) is 0 Å². The molecule has 1 aromatic carbocycles. The monoisotopic (exact) mass is 295 g/mol. The number of carboxylic acids is 1. The Balaban J connectivity index is 2.39. The van der Waals surface area contributed by atoms with E-state index in [9.17, 15) is 9.90 Å². The molecule has 106 valence electrons. The fourth-order valence-corrected chi connectivity index (χ4v) is 1.94. The number of hydrogen-bond acceptors (Lipinski definition) is 4. The Hall–Kier alpha value is -2.01. The van der Waals surface area contributed by atoms with E-state index in [0.717, 1.165) is 0 Å². The molecule has 0 aliphatic rings. The zero-order valence-corrected chi connectivity index (χ0v) is 11.8. The maximum absolute atomic E-state index is 11.2. The first kappa shape index (κ1) is 14.4. The molecule has 0 amide bonds. The molecule has 2 rings (SSSR count). The Morgan fingerprint density at radius 2 is 2.15 bits per heavy atom. The smallest absolute Gasteiger partial charge is 0.345 e. The number of benzene rings is 1. The van der Waals surface area contributed by atoms with Gasteiger partial charge in [-0.25, -0.2) is 4.79 Å². The lowest BCUT2D eigenvalue weighted by atomic mass is 10.1. The highest BCUT2D eigenvalue weighted by atomic mass is 35.5. The van der Waals surface area contributed by atoms with Crippen LogP contribution in [0.3, 0.4) is 0 Å². The predicted octanol–water partition coefficient (Wildman–Crippen LogP) is 3.48. The molecule has 6 heteroatoms. The lowest BCUT2D eigenvalue weighted by molar-refractivity contribution is -0.147. The van der Waals surface area contributed by atoms with E-state index in [0.29, 0.717) is 22.0 Å². The zero-order chi connectivity index (χ0) is 14.7. The summed E-state index contributed by atoms with van der Waals surface area (Å²) in [6, 6.07) is 6.59. The average Bonchev–Trinajstić information content (AvgIpc) is 2.89. The summed E-state index contributed by atoms with van der Waals surface area (Å²) >= 11 is 5.97. The van der Waals surface area contributed by atoms with Crippen molar-refractivity contribution in [2.75, 3.05) is 0 Å². The van der Waals surface area contributed by atoms with Gasteiger partial charge in [0, 0.05) is 22.6 Å². The van der Waals surface area contributed by atoms with Crippen LogP contribution in [0, 0.1) is 5.92 Å². The molecule has 1 heterocycles. The molecule has 0 bridgehead atoms. The van der Waals surface area contributed by atoms with Gasteiger partial charge < -0.3 is 14.4 Å². The predicted molar refractivity (Wildman–Crippen MR) is 73.8 cm³/mol. The summed E-state index contributed by atoms with van der Waals surface area (Å²) in [6.07, 6.45) is 0.485. The minimum absolute atomic E-state index is 0.173. The van der Waals surface area contributed by atoms with Crippen LogP contribution in [-0.4, -0.2) is 22.3 Å². The van der Waals surface area contributed by atoms with Crippen LogP contribution >= 0.6 is 11.6 Å². The summed E-state index contributed by atoms with van der Waals surface area (Å²) in [4.78, 5) is 11.2. The number of ether oxygens (including phenoxy) is 1. The molecule has 20 heavy (non-hydrogen) atoms. The lowest BCUT2D eigenvalue weighted by Gasteiger charge is -2.20. The van der Waals surface area contributed by atoms with Crippen LogP contribution in [0.25, 0.3) is 11.3 Å². The molecule has 0 saturated heterocycles. The Morgan fingerprint density at radius 3 is 2.70 bits per heavy atom. The highest BCUT2D eigenvalue weighted by molar-refractivity contribution is 6.30. The fourth-order valence-electron chi connectivity index (χ4n) is 1.77. The van der Waals surface area contributed by atoms with Gasteiger partial charge in [-0.05, 0) is 18.2 Å². The van der Waals surface area contributed by atoms with Crippen molar-refractivity contribution in [3.05, 3.63) is 35.6 Å². The van der Waals surface area contributed by atoms with Crippen LogP contribution in [0.1, 0.15) is 13.8 Å². The summed E-state index contributed by atoms with van der Waals surface area (Å²) in [7, 11) is 0. The van der Waals surface area contributed by atoms with Gasteiger partial charge in [0.15, 0.2) is 6.10 Å². The lowest BCUT2D eigenvalue weighted by Crippen LogP contribution is -2.32. The largest absolute Gasteiger partial charge is 0.478 e. The second kappa shape index (κ2) is 5.96. The minimum atomic E-state index is -1.01. The molecule has 0 radical (unpaired) electrons. The second-order valence-electron chi connectivity index (χ2n) is 4.65. The maximum atomic E-state index is 11.2. The molecule has 1 atom stereocenters. The number of carbonyl (C=O) groups is 1. The summed E-state index contributed by atoms with van der Waals surface area (Å²) in [6.45, 7) is 3.56. The number of hydrogen-bond donors (Lipinski definition) is 1. The Kier molecular flexibility index (Phi) is 4.29. The highest BCUT2D eigenvalue weighted by Gasteiger charge is 2.25. The van der Waals surface area contributed by atoms with Gasteiger partial charge in [0.05, 0.1) is 0 Å². The maximum Gasteiger partial charge on any atom is 0.345 e. The van der Waals surface area contributed by atoms with Gasteiger partial charge in [-0.1, -0.05) is 30.6 Å². The molecule has 0 aliphatic heterocycles. The third-order valence-electron chi connectivity index (χ3n) is 2.76. The standard InChI is InChI=1S/C14H14ClNO4/c1-8(2)13(14(17)18)20-12-4-3-9(15)7-10(12)11-5-6-19-16-11/h3-8,13H,1-2H3,(H,17,18). The van der Waals surface area contributed by atoms with Gasteiger partial charge in [-0.2, -0.15) is 0 Å². The number of aliphatic carboxylic acids is 1. The summed E-state index contributed by atoms with van der Waals surface area (Å²) in [5.74, 6) is -0.779. The highest BCUT2D eigenvalue weighted by Crippen LogP contribution is 2.33. The van der Waals surface area contributed by atoms with E-state index >= 15 is 0 Å². The number of nitrogens with zero attached hydrogens (tertiary/aromatic N) is 1. The van der Waals surface area contributed by atoms with Crippen molar-refractivity contribution in [3.63, 3.8) is 0 Å². The first-order valence-electron chi connectivity index (χ1n) is 6.09. The van der Waals surface area contributed by atoms with Crippen LogP contribution in [0.4, 0.5) is 0 Å². The van der Waals surface area contributed by atoms with E-state index in [2.05, 4.69) is 5.16 Å². The van der Waals surface area contributed by atoms with Gasteiger partial charge in [0.25, 0.3) is 0 Å². The summed E-state index contributed by atoms with van der Waals surface area (Å²) in [5.41, 5.74) is 1.13. The Morgan fingerprint density at radius 1 is 1.40 bits per heavy atom. The van der Waals surface area contributed by atoms with Crippen LogP contribution in [0.15, 0.2) is 35.1 Å². The molecule has 1 aromatic heterocycles. The molecule has 0 fully saturated rings. The molecule has 1 unspecified atom stereocenters. The zero-order valence-electron chi connectivity index (χ0n) is 11.0. The van der Waals surface area contributed by atoms with Gasteiger partial charge >= 0.3 is 5.97 Å². The van der Waals surface area contributed by atoms with Crippen LogP contribution in [-0.2, 0) is 4.79 Å². The van der Waals surface area contributed by atoms with Gasteiger partial charge in [0.1, 0.15) is 17.7 Å². The van der Waals surface area contributed by atoms with E-state index in [4.69, 9.17) is 20.9 Å². The average molecular weight is 296 g/mol. The van der Waals surface area contributed by atoms with Crippen LogP contribution in [0.5, 0.6) is 5.75 Å². The van der Waals surface area contributed by atoms with Gasteiger partial charge in [-0.3, -0.25) is 0 Å². The molecular formula is C14H14ClNO4. The third kappa shape index (κ3) is 3.11. The van der Waals surface area contributed by atoms with E-state index < -0.39 is 12.1 Å². The van der Waals surface area contributed by atoms with E-state index in [1.165, 1.54) is 6.26 Å². The topological polar surface area (TPSA) is 72.6 Å². The van der Waals surface area contributed by atoms with Crippen molar-refractivity contribution in [1.29, 1.82) is 0 Å². The Bertz CT molecular complexity index is 595. The van der Waals surface area contributed by atoms with Crippen molar-refractivity contribution >= 4 is 17.6 Å². The van der Waals surface area contributed by atoms with Crippen LogP contribution < -0.4 is 4.74 Å². The molecular weight excluding hydrogens is 282 g/mol. The molecule has 1 N–H and O–H groups in total. The number of halogens is 1. The summed E-state index contributed by atoms with van der Waals surface area (Å²) in [5, 5.41) is 13.5. The quantitative estimate of drug-likeness (QED) is 0.914. The van der Waals surface area contributed by atoms with Crippen molar-refractivity contribution in [1.82, 2.24) is 5.16 Å². The van der Waals surface area contributed by atoms with Gasteiger partial charge in [-0.15, -0.1) is 0 Å². The number of rotatable bonds is 5. The second-order valence-corrected chi connectivity index (χ2v) is 5.08. The van der Waals surface area contributed by atoms with Crippen molar-refractivity contribution in [3.8, 4) is 17.0 Å².